The highest BCUT2D eigenvalue weighted by Gasteiger charge is 1.97. The van der Waals surface area contributed by atoms with Gasteiger partial charge in [-0.25, -0.2) is 4.79 Å². The molecule has 1 aromatic carbocycles. The fourth-order valence-corrected chi connectivity index (χ4v) is 1.44. The highest BCUT2D eigenvalue weighted by Crippen LogP contribution is 2.18. The lowest BCUT2D eigenvalue weighted by Crippen LogP contribution is -1.94. The Kier molecular flexibility index (Phi) is 2.08. The standard InChI is InChI=1S/C9H7NO2S/c10-13-7-3-1-6-2-4-9(11)12-8(6)5-7/h1-5H,10H2. The van der Waals surface area contributed by atoms with E-state index < -0.39 is 0 Å². The van der Waals surface area contributed by atoms with Crippen LogP contribution in [0, 0.1) is 0 Å². The van der Waals surface area contributed by atoms with E-state index in [1.165, 1.54) is 6.07 Å². The molecule has 0 saturated heterocycles. The quantitative estimate of drug-likeness (QED) is 0.553. The van der Waals surface area contributed by atoms with Gasteiger partial charge in [0.25, 0.3) is 0 Å². The first-order chi connectivity index (χ1) is 6.29. The third kappa shape index (κ3) is 1.59. The zero-order valence-electron chi connectivity index (χ0n) is 6.69. The molecule has 0 aliphatic carbocycles. The third-order valence-corrected chi connectivity index (χ3v) is 2.26. The Morgan fingerprint density at radius 3 is 2.77 bits per heavy atom. The van der Waals surface area contributed by atoms with Crippen molar-refractivity contribution < 1.29 is 4.42 Å². The molecule has 3 nitrogen and oxygen atoms in total. The summed E-state index contributed by atoms with van der Waals surface area (Å²) in [5, 5.41) is 6.28. The van der Waals surface area contributed by atoms with Crippen molar-refractivity contribution in [1.82, 2.24) is 0 Å². The summed E-state index contributed by atoms with van der Waals surface area (Å²) >= 11 is 1.13. The van der Waals surface area contributed by atoms with E-state index in [2.05, 4.69) is 0 Å². The first kappa shape index (κ1) is 8.34. The average molecular weight is 193 g/mol. The van der Waals surface area contributed by atoms with Crippen LogP contribution in [0.3, 0.4) is 0 Å². The van der Waals surface area contributed by atoms with Crippen LogP contribution < -0.4 is 10.8 Å². The fraction of sp³-hybridized carbons (Fsp3) is 0. The van der Waals surface area contributed by atoms with Gasteiger partial charge in [0, 0.05) is 16.3 Å². The maximum Gasteiger partial charge on any atom is 0.336 e. The van der Waals surface area contributed by atoms with E-state index in [0.29, 0.717) is 5.58 Å². The smallest absolute Gasteiger partial charge is 0.336 e. The van der Waals surface area contributed by atoms with Gasteiger partial charge in [-0.1, -0.05) is 6.07 Å². The van der Waals surface area contributed by atoms with E-state index in [9.17, 15) is 4.79 Å². The summed E-state index contributed by atoms with van der Waals surface area (Å²) in [4.78, 5) is 11.8. The maximum absolute atomic E-state index is 10.9. The van der Waals surface area contributed by atoms with Crippen molar-refractivity contribution in [2.75, 3.05) is 0 Å². The normalized spacial score (nSPS) is 10.5. The second-order valence-corrected chi connectivity index (χ2v) is 3.28. The van der Waals surface area contributed by atoms with Crippen LogP contribution in [0.15, 0.2) is 44.4 Å². The molecule has 66 valence electrons. The van der Waals surface area contributed by atoms with E-state index >= 15 is 0 Å². The van der Waals surface area contributed by atoms with Crippen LogP contribution >= 0.6 is 11.9 Å². The minimum absolute atomic E-state index is 0.341. The van der Waals surface area contributed by atoms with E-state index in [-0.39, 0.29) is 5.63 Å². The van der Waals surface area contributed by atoms with Crippen LogP contribution in [-0.2, 0) is 0 Å². The van der Waals surface area contributed by atoms with E-state index in [1.54, 1.807) is 12.1 Å². The molecule has 2 rings (SSSR count). The van der Waals surface area contributed by atoms with Crippen LogP contribution in [0.1, 0.15) is 0 Å². The Balaban J connectivity index is 2.75. The van der Waals surface area contributed by atoms with Gasteiger partial charge in [-0.2, -0.15) is 0 Å². The van der Waals surface area contributed by atoms with Crippen molar-refractivity contribution >= 4 is 22.9 Å². The predicted octanol–water partition coefficient (Wildman–Crippen LogP) is 1.76. The fourth-order valence-electron chi connectivity index (χ4n) is 1.11. The summed E-state index contributed by atoms with van der Waals surface area (Å²) in [7, 11) is 0. The van der Waals surface area contributed by atoms with Crippen molar-refractivity contribution in [2.45, 2.75) is 4.90 Å². The number of hydrogen-bond acceptors (Lipinski definition) is 4. The SMILES string of the molecule is NSc1ccc2ccc(=O)oc2c1. The molecular weight excluding hydrogens is 186 g/mol. The molecule has 0 amide bonds. The second kappa shape index (κ2) is 3.24. The Hall–Kier alpha value is -1.26. The highest BCUT2D eigenvalue weighted by molar-refractivity contribution is 7.97. The molecule has 4 heteroatoms. The summed E-state index contributed by atoms with van der Waals surface area (Å²) in [6.07, 6.45) is 0. The zero-order chi connectivity index (χ0) is 9.26. The Labute approximate surface area is 78.7 Å². The molecule has 0 aliphatic rings. The number of rotatable bonds is 1. The third-order valence-electron chi connectivity index (χ3n) is 1.73. The Morgan fingerprint density at radius 2 is 2.00 bits per heavy atom. The van der Waals surface area contributed by atoms with Gasteiger partial charge in [0.15, 0.2) is 0 Å². The Morgan fingerprint density at radius 1 is 1.23 bits per heavy atom. The number of nitrogens with two attached hydrogens (primary N) is 1. The molecule has 2 N–H and O–H groups in total. The first-order valence-electron chi connectivity index (χ1n) is 3.70. The lowest BCUT2D eigenvalue weighted by atomic mass is 10.2. The van der Waals surface area contributed by atoms with Gasteiger partial charge in [-0.05, 0) is 30.1 Å². The molecule has 1 aromatic heterocycles. The van der Waals surface area contributed by atoms with Gasteiger partial charge in [0.1, 0.15) is 5.58 Å². The van der Waals surface area contributed by atoms with E-state index in [4.69, 9.17) is 9.56 Å². The summed E-state index contributed by atoms with van der Waals surface area (Å²) in [5.41, 5.74) is 0.231. The van der Waals surface area contributed by atoms with Gasteiger partial charge >= 0.3 is 5.63 Å². The number of fused-ring (bicyclic) bond motifs is 1. The van der Waals surface area contributed by atoms with Crippen LogP contribution in [0.25, 0.3) is 11.0 Å². The van der Waals surface area contributed by atoms with E-state index in [1.807, 2.05) is 12.1 Å². The summed E-state index contributed by atoms with van der Waals surface area (Å²) < 4.78 is 4.98. The van der Waals surface area contributed by atoms with Crippen LogP contribution in [0.5, 0.6) is 0 Å². The summed E-state index contributed by atoms with van der Waals surface area (Å²) in [6.45, 7) is 0. The predicted molar refractivity (Wildman–Crippen MR) is 52.5 cm³/mol. The van der Waals surface area contributed by atoms with Gasteiger partial charge in [-0.15, -0.1) is 0 Å². The minimum Gasteiger partial charge on any atom is -0.423 e. The molecule has 0 bridgehead atoms. The van der Waals surface area contributed by atoms with Crippen LogP contribution in [-0.4, -0.2) is 0 Å². The maximum atomic E-state index is 10.9. The molecule has 1 heterocycles. The molecule has 0 atom stereocenters. The van der Waals surface area contributed by atoms with Crippen molar-refractivity contribution in [3.05, 3.63) is 40.8 Å². The first-order valence-corrected chi connectivity index (χ1v) is 4.58. The van der Waals surface area contributed by atoms with Gasteiger partial charge < -0.3 is 4.42 Å². The average Bonchev–Trinajstić information content (AvgIpc) is 2.16. The summed E-state index contributed by atoms with van der Waals surface area (Å²) in [5.74, 6) is 0. The molecule has 0 unspecified atom stereocenters. The number of benzene rings is 1. The van der Waals surface area contributed by atoms with Crippen molar-refractivity contribution in [3.8, 4) is 0 Å². The molecular formula is C9H7NO2S. The molecule has 13 heavy (non-hydrogen) atoms. The lowest BCUT2D eigenvalue weighted by Gasteiger charge is -1.97. The van der Waals surface area contributed by atoms with Crippen LogP contribution in [0.4, 0.5) is 0 Å². The van der Waals surface area contributed by atoms with Gasteiger partial charge in [0.05, 0.1) is 0 Å². The topological polar surface area (TPSA) is 56.2 Å². The lowest BCUT2D eigenvalue weighted by molar-refractivity contribution is 0.560. The zero-order valence-corrected chi connectivity index (χ0v) is 7.51. The van der Waals surface area contributed by atoms with E-state index in [0.717, 1.165) is 22.2 Å². The van der Waals surface area contributed by atoms with Crippen LogP contribution in [0.2, 0.25) is 0 Å². The number of hydrogen-bond donors (Lipinski definition) is 1. The monoisotopic (exact) mass is 193 g/mol. The largest absolute Gasteiger partial charge is 0.423 e. The molecule has 0 radical (unpaired) electrons. The molecule has 0 spiro atoms. The second-order valence-electron chi connectivity index (χ2n) is 2.57. The van der Waals surface area contributed by atoms with Gasteiger partial charge in [0.2, 0.25) is 0 Å². The summed E-state index contributed by atoms with van der Waals surface area (Å²) in [6, 6.07) is 8.63. The van der Waals surface area contributed by atoms with Gasteiger partial charge in [-0.3, -0.25) is 5.14 Å². The van der Waals surface area contributed by atoms with Crippen molar-refractivity contribution in [2.24, 2.45) is 5.14 Å². The molecule has 0 saturated carbocycles. The van der Waals surface area contributed by atoms with Crippen molar-refractivity contribution in [3.63, 3.8) is 0 Å². The van der Waals surface area contributed by atoms with Crippen molar-refractivity contribution in [1.29, 1.82) is 0 Å². The minimum atomic E-state index is -0.341. The molecule has 0 fully saturated rings. The molecule has 2 aromatic rings. The highest BCUT2D eigenvalue weighted by atomic mass is 32.2. The Bertz CT molecular complexity index is 492. The molecule has 0 aliphatic heterocycles.